The van der Waals surface area contributed by atoms with E-state index < -0.39 is 35.8 Å². The van der Waals surface area contributed by atoms with Crippen molar-refractivity contribution >= 4 is 35.3 Å². The van der Waals surface area contributed by atoms with Gasteiger partial charge in [0.05, 0.1) is 11.8 Å². The van der Waals surface area contributed by atoms with E-state index in [9.17, 15) is 35.1 Å². The van der Waals surface area contributed by atoms with Crippen molar-refractivity contribution in [2.75, 3.05) is 10.7 Å². The van der Waals surface area contributed by atoms with E-state index in [-0.39, 0.29) is 22.6 Å². The fraction of sp³-hybridized carbons (Fsp3) is 0.150. The highest BCUT2D eigenvalue weighted by Crippen LogP contribution is 2.33. The number of halogens is 9. The van der Waals surface area contributed by atoms with Gasteiger partial charge in [0.25, 0.3) is 0 Å². The lowest BCUT2D eigenvalue weighted by Crippen LogP contribution is -2.33. The Labute approximate surface area is 196 Å². The summed E-state index contributed by atoms with van der Waals surface area (Å²) < 4.78 is 106. The molecule has 6 nitrogen and oxygen atoms in total. The SMILES string of the molecule is Fc1ccc(Nc2nc(Cl)cc(N/N=C/c3ccc(OC(F)(F)C(F)F)cc3)n2)cc1C(F)(F)F. The third kappa shape index (κ3) is 7.15. The average Bonchev–Trinajstić information content (AvgIpc) is 2.75. The highest BCUT2D eigenvalue weighted by atomic mass is 35.5. The second-order valence-corrected chi connectivity index (χ2v) is 7.01. The summed E-state index contributed by atoms with van der Waals surface area (Å²) in [5, 5.41) is 6.19. The third-order valence-corrected chi connectivity index (χ3v) is 4.20. The molecule has 2 aromatic carbocycles. The van der Waals surface area contributed by atoms with Crippen molar-refractivity contribution < 1.29 is 39.9 Å². The standard InChI is InChI=1S/C20H12ClF8N5O/c21-15-8-16(33-18(32-15)31-11-3-6-14(22)13(7-11)19(25,26)27)34-30-9-10-1-4-12(5-2-10)35-20(28,29)17(23)24/h1-9,17H,(H2,31,32,33,34)/b30-9+. The minimum absolute atomic E-state index is 0.0124. The van der Waals surface area contributed by atoms with E-state index in [4.69, 9.17) is 11.6 Å². The molecular formula is C20H12ClF8N5O. The van der Waals surface area contributed by atoms with Crippen LogP contribution in [0, 0.1) is 5.82 Å². The molecule has 0 saturated carbocycles. The molecule has 0 amide bonds. The first kappa shape index (κ1) is 25.9. The van der Waals surface area contributed by atoms with Crippen LogP contribution in [-0.2, 0) is 6.18 Å². The van der Waals surface area contributed by atoms with E-state index in [1.165, 1.54) is 24.4 Å². The maximum absolute atomic E-state index is 13.4. The Kier molecular flexibility index (Phi) is 7.63. The van der Waals surface area contributed by atoms with Gasteiger partial charge in [0.1, 0.15) is 16.7 Å². The summed E-state index contributed by atoms with van der Waals surface area (Å²) in [4.78, 5) is 7.77. The number of anilines is 3. The number of hydrogen-bond acceptors (Lipinski definition) is 6. The molecular weight excluding hydrogens is 514 g/mol. The Morgan fingerprint density at radius 2 is 1.66 bits per heavy atom. The molecule has 186 valence electrons. The lowest BCUT2D eigenvalue weighted by Gasteiger charge is -2.16. The molecule has 0 aliphatic rings. The minimum atomic E-state index is -4.91. The highest BCUT2D eigenvalue weighted by molar-refractivity contribution is 6.29. The van der Waals surface area contributed by atoms with Crippen LogP contribution in [0.1, 0.15) is 11.1 Å². The summed E-state index contributed by atoms with van der Waals surface area (Å²) in [6.07, 6.45) is -12.3. The van der Waals surface area contributed by atoms with Gasteiger partial charge in [0, 0.05) is 11.8 Å². The molecule has 3 aromatic rings. The highest BCUT2D eigenvalue weighted by Gasteiger charge is 2.43. The summed E-state index contributed by atoms with van der Waals surface area (Å²) in [5.41, 5.74) is 1.19. The zero-order chi connectivity index (χ0) is 25.8. The monoisotopic (exact) mass is 525 g/mol. The lowest BCUT2D eigenvalue weighted by molar-refractivity contribution is -0.253. The largest absolute Gasteiger partial charge is 0.461 e. The van der Waals surface area contributed by atoms with Crippen LogP contribution in [0.15, 0.2) is 53.6 Å². The van der Waals surface area contributed by atoms with Gasteiger partial charge in [-0.3, -0.25) is 5.43 Å². The molecule has 0 unspecified atom stereocenters. The number of aromatic nitrogens is 2. The van der Waals surface area contributed by atoms with Crippen molar-refractivity contribution in [3.63, 3.8) is 0 Å². The minimum Gasteiger partial charge on any atom is -0.428 e. The van der Waals surface area contributed by atoms with E-state index in [0.29, 0.717) is 17.7 Å². The van der Waals surface area contributed by atoms with Gasteiger partial charge in [0.2, 0.25) is 5.95 Å². The van der Waals surface area contributed by atoms with E-state index in [0.717, 1.165) is 18.2 Å². The number of hydrazone groups is 1. The lowest BCUT2D eigenvalue weighted by atomic mass is 10.2. The van der Waals surface area contributed by atoms with Crippen molar-refractivity contribution in [1.82, 2.24) is 9.97 Å². The fourth-order valence-corrected chi connectivity index (χ4v) is 2.66. The van der Waals surface area contributed by atoms with Crippen molar-refractivity contribution in [3.05, 3.63) is 70.6 Å². The Hall–Kier alpha value is -3.68. The zero-order valence-electron chi connectivity index (χ0n) is 16.9. The van der Waals surface area contributed by atoms with E-state index >= 15 is 0 Å². The van der Waals surface area contributed by atoms with Crippen LogP contribution in [0.25, 0.3) is 0 Å². The maximum atomic E-state index is 13.4. The molecule has 0 spiro atoms. The van der Waals surface area contributed by atoms with Gasteiger partial charge in [0.15, 0.2) is 5.82 Å². The van der Waals surface area contributed by atoms with Crippen molar-refractivity contribution in [2.24, 2.45) is 5.10 Å². The number of nitrogens with one attached hydrogen (secondary N) is 2. The number of alkyl halides is 7. The van der Waals surface area contributed by atoms with E-state index in [2.05, 4.69) is 30.5 Å². The zero-order valence-corrected chi connectivity index (χ0v) is 17.7. The first-order valence-corrected chi connectivity index (χ1v) is 9.64. The van der Waals surface area contributed by atoms with Crippen LogP contribution in [0.2, 0.25) is 5.15 Å². The molecule has 0 aliphatic heterocycles. The molecule has 1 heterocycles. The number of benzene rings is 2. The summed E-state index contributed by atoms with van der Waals surface area (Å²) in [7, 11) is 0. The first-order chi connectivity index (χ1) is 16.3. The number of rotatable bonds is 8. The third-order valence-electron chi connectivity index (χ3n) is 4.00. The molecule has 15 heteroatoms. The molecule has 0 bridgehead atoms. The molecule has 2 N–H and O–H groups in total. The molecule has 35 heavy (non-hydrogen) atoms. The van der Waals surface area contributed by atoms with Gasteiger partial charge in [-0.15, -0.1) is 0 Å². The van der Waals surface area contributed by atoms with Gasteiger partial charge in [-0.2, -0.15) is 40.8 Å². The van der Waals surface area contributed by atoms with Crippen LogP contribution < -0.4 is 15.5 Å². The van der Waals surface area contributed by atoms with E-state index in [1.807, 2.05) is 0 Å². The Balaban J connectivity index is 1.68. The Bertz CT molecular complexity index is 1210. The quantitative estimate of drug-likeness (QED) is 0.148. The van der Waals surface area contributed by atoms with Crippen LogP contribution in [-0.4, -0.2) is 28.7 Å². The average molecular weight is 526 g/mol. The first-order valence-electron chi connectivity index (χ1n) is 9.26. The Morgan fingerprint density at radius 1 is 0.971 bits per heavy atom. The van der Waals surface area contributed by atoms with Gasteiger partial charge >= 0.3 is 18.7 Å². The molecule has 0 atom stereocenters. The second-order valence-electron chi connectivity index (χ2n) is 6.62. The van der Waals surface area contributed by atoms with Crippen molar-refractivity contribution in [1.29, 1.82) is 0 Å². The smallest absolute Gasteiger partial charge is 0.428 e. The molecule has 3 rings (SSSR count). The molecule has 0 radical (unpaired) electrons. The molecule has 0 saturated heterocycles. The van der Waals surface area contributed by atoms with Crippen LogP contribution in [0.3, 0.4) is 0 Å². The summed E-state index contributed by atoms with van der Waals surface area (Å²) in [5.74, 6) is -2.16. The molecule has 0 aliphatic carbocycles. The number of hydrogen-bond donors (Lipinski definition) is 2. The van der Waals surface area contributed by atoms with E-state index in [1.54, 1.807) is 0 Å². The van der Waals surface area contributed by atoms with Gasteiger partial charge in [-0.1, -0.05) is 11.6 Å². The molecule has 0 fully saturated rings. The van der Waals surface area contributed by atoms with Crippen molar-refractivity contribution in [2.45, 2.75) is 18.7 Å². The Morgan fingerprint density at radius 3 is 2.29 bits per heavy atom. The van der Waals surface area contributed by atoms with Crippen LogP contribution in [0.4, 0.5) is 52.6 Å². The normalized spacial score (nSPS) is 12.3. The predicted molar refractivity (Wildman–Crippen MR) is 111 cm³/mol. The summed E-state index contributed by atoms with van der Waals surface area (Å²) in [6, 6.07) is 8.02. The fourth-order valence-electron chi connectivity index (χ4n) is 2.48. The number of ether oxygens (including phenoxy) is 1. The van der Waals surface area contributed by atoms with Gasteiger partial charge in [-0.25, -0.2) is 9.37 Å². The summed E-state index contributed by atoms with van der Waals surface area (Å²) in [6.45, 7) is 0. The van der Waals surface area contributed by atoms with Crippen LogP contribution >= 0.6 is 11.6 Å². The topological polar surface area (TPSA) is 71.4 Å². The van der Waals surface area contributed by atoms with Gasteiger partial charge < -0.3 is 10.1 Å². The predicted octanol–water partition coefficient (Wildman–Crippen LogP) is 6.71. The maximum Gasteiger partial charge on any atom is 0.461 e. The number of nitrogens with zero attached hydrogens (tertiary/aromatic N) is 3. The second kappa shape index (κ2) is 10.3. The molecule has 1 aromatic heterocycles. The van der Waals surface area contributed by atoms with Crippen LogP contribution in [0.5, 0.6) is 5.75 Å². The van der Waals surface area contributed by atoms with Crippen molar-refractivity contribution in [3.8, 4) is 5.75 Å². The summed E-state index contributed by atoms with van der Waals surface area (Å²) >= 11 is 5.88. The van der Waals surface area contributed by atoms with Gasteiger partial charge in [-0.05, 0) is 48.0 Å².